The summed E-state index contributed by atoms with van der Waals surface area (Å²) in [6.45, 7) is 9.74. The van der Waals surface area contributed by atoms with E-state index in [0.717, 1.165) is 12.8 Å². The maximum atomic E-state index is 13.6. The van der Waals surface area contributed by atoms with Crippen molar-refractivity contribution in [3.63, 3.8) is 0 Å². The van der Waals surface area contributed by atoms with Gasteiger partial charge >= 0.3 is 0 Å². The van der Waals surface area contributed by atoms with Gasteiger partial charge in [-0.1, -0.05) is 50.1 Å². The van der Waals surface area contributed by atoms with Crippen molar-refractivity contribution >= 4 is 31.5 Å². The predicted molar refractivity (Wildman–Crippen MR) is 151 cm³/mol. The van der Waals surface area contributed by atoms with Crippen LogP contribution in [0.1, 0.15) is 62.8 Å². The lowest BCUT2D eigenvalue weighted by molar-refractivity contribution is 0.222. The molecule has 0 bridgehead atoms. The molecule has 2 heterocycles. The Bertz CT molecular complexity index is 1470. The van der Waals surface area contributed by atoms with Crippen molar-refractivity contribution in [1.29, 1.82) is 0 Å². The van der Waals surface area contributed by atoms with Gasteiger partial charge in [-0.25, -0.2) is 16.8 Å². The summed E-state index contributed by atoms with van der Waals surface area (Å²) >= 11 is 0. The third-order valence-electron chi connectivity index (χ3n) is 8.15. The summed E-state index contributed by atoms with van der Waals surface area (Å²) in [4.78, 5) is 0.0454. The second-order valence-electron chi connectivity index (χ2n) is 11.8. The molecule has 0 saturated carbocycles. The molecule has 4 atom stereocenters. The first-order valence-corrected chi connectivity index (χ1v) is 16.5. The molecule has 40 heavy (non-hydrogen) atoms. The Balaban J connectivity index is 1.58. The van der Waals surface area contributed by atoms with E-state index in [2.05, 4.69) is 10.3 Å². The van der Waals surface area contributed by atoms with Gasteiger partial charge in [0.2, 0.25) is 20.0 Å². The van der Waals surface area contributed by atoms with Crippen LogP contribution in [0.15, 0.2) is 56.5 Å². The van der Waals surface area contributed by atoms with Gasteiger partial charge in [0, 0.05) is 48.4 Å². The van der Waals surface area contributed by atoms with Crippen molar-refractivity contribution in [2.24, 2.45) is 34.0 Å². The fourth-order valence-electron chi connectivity index (χ4n) is 6.58. The van der Waals surface area contributed by atoms with Crippen LogP contribution in [-0.2, 0) is 20.0 Å². The van der Waals surface area contributed by atoms with E-state index in [9.17, 15) is 27.3 Å². The molecule has 3 aliphatic rings. The molecular formula is C28H36N4O6S2. The van der Waals surface area contributed by atoms with E-state index in [0.29, 0.717) is 37.3 Å². The molecule has 216 valence electrons. The van der Waals surface area contributed by atoms with Gasteiger partial charge in [0.1, 0.15) is 11.4 Å². The second-order valence-corrected chi connectivity index (χ2v) is 15.7. The number of nitrogens with zero attached hydrogens (tertiary/aromatic N) is 4. The monoisotopic (exact) mass is 588 g/mol. The summed E-state index contributed by atoms with van der Waals surface area (Å²) in [5, 5.41) is 27.0. The smallest absolute Gasteiger partial charge is 0.243 e. The number of oxime groups is 2. The highest BCUT2D eigenvalue weighted by Crippen LogP contribution is 2.35. The molecular weight excluding hydrogens is 552 g/mol. The van der Waals surface area contributed by atoms with E-state index >= 15 is 0 Å². The van der Waals surface area contributed by atoms with Gasteiger partial charge in [-0.3, -0.25) is 0 Å². The van der Waals surface area contributed by atoms with Crippen LogP contribution in [-0.4, -0.2) is 73.5 Å². The molecule has 0 aromatic heterocycles. The zero-order valence-corrected chi connectivity index (χ0v) is 24.8. The topological polar surface area (TPSA) is 140 Å². The quantitative estimate of drug-likeness (QED) is 0.351. The van der Waals surface area contributed by atoms with Crippen LogP contribution in [0, 0.1) is 23.7 Å². The van der Waals surface area contributed by atoms with Crippen LogP contribution in [0.3, 0.4) is 0 Å². The molecule has 5 rings (SSSR count). The summed E-state index contributed by atoms with van der Waals surface area (Å²) in [6, 6.07) is 8.80. The highest BCUT2D eigenvalue weighted by atomic mass is 32.2. The molecule has 0 amide bonds. The van der Waals surface area contributed by atoms with Gasteiger partial charge in [-0.15, -0.1) is 0 Å². The zero-order valence-electron chi connectivity index (χ0n) is 23.1. The maximum Gasteiger partial charge on any atom is 0.243 e. The zero-order chi connectivity index (χ0) is 29.0. The summed E-state index contributed by atoms with van der Waals surface area (Å²) in [5.41, 5.74) is 1.35. The first-order chi connectivity index (χ1) is 18.9. The third kappa shape index (κ3) is 4.95. The Labute approximate surface area is 236 Å². The van der Waals surface area contributed by atoms with Crippen molar-refractivity contribution in [2.75, 3.05) is 26.2 Å². The Morgan fingerprint density at radius 3 is 1.25 bits per heavy atom. The van der Waals surface area contributed by atoms with Crippen molar-refractivity contribution in [3.8, 4) is 0 Å². The number of sulfonamides is 2. The summed E-state index contributed by atoms with van der Waals surface area (Å²) in [6.07, 6.45) is 1.90. The molecule has 0 spiro atoms. The molecule has 2 N–H and O–H groups in total. The van der Waals surface area contributed by atoms with Crippen molar-refractivity contribution in [1.82, 2.24) is 8.61 Å². The average molecular weight is 589 g/mol. The normalized spacial score (nSPS) is 26.2. The Morgan fingerprint density at radius 2 is 0.925 bits per heavy atom. The van der Waals surface area contributed by atoms with E-state index in [1.54, 1.807) is 0 Å². The van der Waals surface area contributed by atoms with E-state index < -0.39 is 20.0 Å². The number of hydrogen-bond donors (Lipinski definition) is 2. The lowest BCUT2D eigenvalue weighted by atomic mass is 9.83. The Hall–Kier alpha value is -2.80. The first-order valence-electron chi connectivity index (χ1n) is 13.6. The predicted octanol–water partition coefficient (Wildman–Crippen LogP) is 3.79. The molecule has 2 saturated heterocycles. The Kier molecular flexibility index (Phi) is 7.58. The molecule has 1 aliphatic carbocycles. The molecule has 2 aromatic rings. The fourth-order valence-corrected chi connectivity index (χ4v) is 9.99. The van der Waals surface area contributed by atoms with Gasteiger partial charge in [0.15, 0.2) is 0 Å². The molecule has 0 radical (unpaired) electrons. The number of piperidine rings is 2. The van der Waals surface area contributed by atoms with Gasteiger partial charge in [0.25, 0.3) is 0 Å². The van der Waals surface area contributed by atoms with Crippen molar-refractivity contribution in [2.45, 2.75) is 50.3 Å². The highest BCUT2D eigenvalue weighted by molar-refractivity contribution is 7.89. The lowest BCUT2D eigenvalue weighted by Gasteiger charge is -2.34. The average Bonchev–Trinajstić information content (AvgIpc) is 2.89. The third-order valence-corrected chi connectivity index (χ3v) is 11.8. The minimum atomic E-state index is -3.86. The summed E-state index contributed by atoms with van der Waals surface area (Å²) in [7, 11) is -7.72. The second kappa shape index (κ2) is 10.6. The van der Waals surface area contributed by atoms with Crippen LogP contribution >= 0.6 is 0 Å². The molecule has 2 aliphatic heterocycles. The van der Waals surface area contributed by atoms with E-state index in [-0.39, 0.29) is 56.0 Å². The molecule has 2 aromatic carbocycles. The molecule has 4 unspecified atom stereocenters. The Morgan fingerprint density at radius 1 is 0.600 bits per heavy atom. The van der Waals surface area contributed by atoms with Gasteiger partial charge in [0.05, 0.1) is 9.79 Å². The first kappa shape index (κ1) is 28.7. The van der Waals surface area contributed by atoms with E-state index in [4.69, 9.17) is 0 Å². The maximum absolute atomic E-state index is 13.6. The minimum absolute atomic E-state index is 0.00672. The van der Waals surface area contributed by atoms with Gasteiger partial charge < -0.3 is 10.4 Å². The molecule has 12 heteroatoms. The molecule has 2 fully saturated rings. The summed E-state index contributed by atoms with van der Waals surface area (Å²) in [5.74, 6) is 0.878. The fraction of sp³-hybridized carbons (Fsp3) is 0.500. The van der Waals surface area contributed by atoms with E-state index in [1.807, 2.05) is 27.7 Å². The van der Waals surface area contributed by atoms with Gasteiger partial charge in [-0.05, 0) is 60.8 Å². The summed E-state index contributed by atoms with van der Waals surface area (Å²) < 4.78 is 57.5. The number of benzene rings is 2. The van der Waals surface area contributed by atoms with Crippen molar-refractivity contribution < 1.29 is 27.3 Å². The molecule has 10 nitrogen and oxygen atoms in total. The largest absolute Gasteiger partial charge is 0.410 e. The van der Waals surface area contributed by atoms with E-state index in [1.165, 1.54) is 45.0 Å². The van der Waals surface area contributed by atoms with Crippen molar-refractivity contribution in [3.05, 3.63) is 58.7 Å². The van der Waals surface area contributed by atoms with Crippen LogP contribution in [0.5, 0.6) is 0 Å². The number of hydrogen-bond acceptors (Lipinski definition) is 8. The van der Waals surface area contributed by atoms with Crippen LogP contribution < -0.4 is 0 Å². The van der Waals surface area contributed by atoms with Gasteiger partial charge in [-0.2, -0.15) is 8.61 Å². The standard InChI is InChI=1S/C28H36N4O6S2/c1-17-9-18(2)14-31(13-17)39(35,36)21-5-7-23-25(11-21)28(30-34)26-12-22(6-8-24(26)27(23)29-33)40(37,38)32-15-19(3)10-20(4)16-32/h5-8,11-12,17-20,33-34H,9-10,13-16H2,1-4H3. The number of rotatable bonds is 4. The highest BCUT2D eigenvalue weighted by Gasteiger charge is 2.36. The SMILES string of the molecule is CC1CC(C)CN(S(=O)(=O)c2ccc3c(c2)C(=NO)c2cc(S(=O)(=O)N4CC(C)CC(C)C4)ccc2C3=NO)C1. The number of fused-ring (bicyclic) bond motifs is 2. The van der Waals surface area contributed by atoms with Crippen LogP contribution in [0.4, 0.5) is 0 Å². The van der Waals surface area contributed by atoms with Crippen LogP contribution in [0.25, 0.3) is 0 Å². The van der Waals surface area contributed by atoms with Crippen LogP contribution in [0.2, 0.25) is 0 Å². The minimum Gasteiger partial charge on any atom is -0.410 e. The lowest BCUT2D eigenvalue weighted by Crippen LogP contribution is -2.42.